The predicted octanol–water partition coefficient (Wildman–Crippen LogP) is 2.10. The fourth-order valence-corrected chi connectivity index (χ4v) is 1.37. The van der Waals surface area contributed by atoms with Gasteiger partial charge in [-0.25, -0.2) is 0 Å². The molecule has 0 bridgehead atoms. The Balaban J connectivity index is 2.78. The van der Waals surface area contributed by atoms with E-state index in [0.717, 1.165) is 6.42 Å². The maximum atomic E-state index is 10.7. The molecule has 0 N–H and O–H groups in total. The Morgan fingerprint density at radius 1 is 1.57 bits per heavy atom. The first-order chi connectivity index (χ1) is 6.63. The zero-order valence-electron chi connectivity index (χ0n) is 8.23. The van der Waals surface area contributed by atoms with Gasteiger partial charge in [0, 0.05) is 4.90 Å². The van der Waals surface area contributed by atoms with Crippen LogP contribution in [0.3, 0.4) is 0 Å². The normalized spacial score (nSPS) is 14.8. The van der Waals surface area contributed by atoms with E-state index in [1.807, 2.05) is 13.8 Å². The van der Waals surface area contributed by atoms with Crippen molar-refractivity contribution in [2.45, 2.75) is 31.3 Å². The van der Waals surface area contributed by atoms with E-state index in [1.54, 1.807) is 12.1 Å². The molecule has 0 aliphatic heterocycles. The van der Waals surface area contributed by atoms with E-state index in [9.17, 15) is 8.76 Å². The highest BCUT2D eigenvalue weighted by molar-refractivity contribution is 7.79. The topological polar surface area (TPSA) is 49.4 Å². The molecule has 1 rings (SSSR count). The molecule has 78 valence electrons. The molecule has 0 spiro atoms. The highest BCUT2D eigenvalue weighted by Crippen LogP contribution is 2.17. The van der Waals surface area contributed by atoms with Gasteiger partial charge in [-0.3, -0.25) is 4.21 Å². The van der Waals surface area contributed by atoms with Crippen LogP contribution in [0, 0.1) is 0 Å². The summed E-state index contributed by atoms with van der Waals surface area (Å²) >= 11 is -2.19. The molecular formula is C10H13O3S-. The Hall–Kier alpha value is -0.870. The smallest absolute Gasteiger partial charge is 0.120 e. The van der Waals surface area contributed by atoms with Crippen LogP contribution in [0.25, 0.3) is 0 Å². The third kappa shape index (κ3) is 3.12. The Morgan fingerprint density at radius 3 is 2.86 bits per heavy atom. The Kier molecular flexibility index (Phi) is 4.10. The van der Waals surface area contributed by atoms with E-state index in [1.165, 1.54) is 12.1 Å². The van der Waals surface area contributed by atoms with Gasteiger partial charge >= 0.3 is 0 Å². The molecule has 2 atom stereocenters. The Bertz CT molecular complexity index is 325. The quantitative estimate of drug-likeness (QED) is 0.720. The van der Waals surface area contributed by atoms with Gasteiger partial charge in [-0.15, -0.1) is 0 Å². The average Bonchev–Trinajstić information content (AvgIpc) is 2.18. The van der Waals surface area contributed by atoms with Gasteiger partial charge < -0.3 is 9.29 Å². The van der Waals surface area contributed by atoms with Crippen LogP contribution >= 0.6 is 0 Å². The van der Waals surface area contributed by atoms with Crippen molar-refractivity contribution in [2.75, 3.05) is 0 Å². The lowest BCUT2D eigenvalue weighted by molar-refractivity contribution is 0.217. The molecule has 0 amide bonds. The molecule has 0 saturated heterocycles. The zero-order chi connectivity index (χ0) is 10.6. The first-order valence-corrected chi connectivity index (χ1v) is 5.57. The van der Waals surface area contributed by atoms with E-state index < -0.39 is 11.1 Å². The second-order valence-corrected chi connectivity index (χ2v) is 3.99. The van der Waals surface area contributed by atoms with Crippen LogP contribution in [-0.2, 0) is 11.1 Å². The van der Waals surface area contributed by atoms with E-state index in [0.29, 0.717) is 5.75 Å². The van der Waals surface area contributed by atoms with Crippen molar-refractivity contribution in [1.82, 2.24) is 0 Å². The zero-order valence-corrected chi connectivity index (χ0v) is 9.04. The van der Waals surface area contributed by atoms with Crippen molar-refractivity contribution in [1.29, 1.82) is 0 Å². The third-order valence-corrected chi connectivity index (χ3v) is 2.55. The standard InChI is InChI=1S/C10H14O3S/c1-3-8(2)13-9-5-4-6-10(7-9)14(11)12/h4-8H,3H2,1-2H3,(H,11,12)/p-1. The number of benzene rings is 1. The lowest BCUT2D eigenvalue weighted by atomic mass is 10.3. The fraction of sp³-hybridized carbons (Fsp3) is 0.400. The SMILES string of the molecule is CCC(C)Oc1cccc(S(=O)[O-])c1. The van der Waals surface area contributed by atoms with Crippen molar-refractivity contribution in [3.8, 4) is 5.75 Å². The van der Waals surface area contributed by atoms with E-state index in [2.05, 4.69) is 0 Å². The fourth-order valence-electron chi connectivity index (χ4n) is 0.967. The first-order valence-electron chi connectivity index (χ1n) is 4.49. The van der Waals surface area contributed by atoms with Gasteiger partial charge in [-0.1, -0.05) is 13.0 Å². The molecule has 0 aromatic heterocycles. The minimum Gasteiger partial charge on any atom is -0.768 e. The number of hydrogen-bond acceptors (Lipinski definition) is 3. The summed E-state index contributed by atoms with van der Waals surface area (Å²) in [5.41, 5.74) is 0. The number of ether oxygens (including phenoxy) is 1. The monoisotopic (exact) mass is 213 g/mol. The maximum absolute atomic E-state index is 10.7. The molecule has 0 radical (unpaired) electrons. The second-order valence-electron chi connectivity index (χ2n) is 3.05. The second kappa shape index (κ2) is 5.12. The summed E-state index contributed by atoms with van der Waals surface area (Å²) in [7, 11) is 0. The van der Waals surface area contributed by atoms with E-state index in [4.69, 9.17) is 4.74 Å². The highest BCUT2D eigenvalue weighted by Gasteiger charge is 2.01. The van der Waals surface area contributed by atoms with Crippen LogP contribution < -0.4 is 4.74 Å². The van der Waals surface area contributed by atoms with Crippen molar-refractivity contribution in [3.63, 3.8) is 0 Å². The van der Waals surface area contributed by atoms with Crippen molar-refractivity contribution in [2.24, 2.45) is 0 Å². The van der Waals surface area contributed by atoms with Gasteiger partial charge in [0.05, 0.1) is 6.10 Å². The summed E-state index contributed by atoms with van der Waals surface area (Å²) in [6, 6.07) is 6.48. The molecular weight excluding hydrogens is 200 g/mol. The summed E-state index contributed by atoms with van der Waals surface area (Å²) in [5.74, 6) is 0.598. The molecule has 2 unspecified atom stereocenters. The lowest BCUT2D eigenvalue weighted by Gasteiger charge is -2.13. The minimum atomic E-state index is -2.19. The molecule has 0 heterocycles. The lowest BCUT2D eigenvalue weighted by Crippen LogP contribution is -2.09. The van der Waals surface area contributed by atoms with Crippen LogP contribution in [0.15, 0.2) is 29.2 Å². The summed E-state index contributed by atoms with van der Waals surface area (Å²) in [5, 5.41) is 0. The summed E-state index contributed by atoms with van der Waals surface area (Å²) in [6.45, 7) is 3.96. The van der Waals surface area contributed by atoms with Crippen LogP contribution in [-0.4, -0.2) is 14.9 Å². The molecule has 4 heteroatoms. The van der Waals surface area contributed by atoms with Crippen molar-refractivity contribution in [3.05, 3.63) is 24.3 Å². The third-order valence-electron chi connectivity index (χ3n) is 1.91. The van der Waals surface area contributed by atoms with Gasteiger partial charge in [0.2, 0.25) is 0 Å². The minimum absolute atomic E-state index is 0.102. The molecule has 14 heavy (non-hydrogen) atoms. The van der Waals surface area contributed by atoms with Crippen molar-refractivity contribution < 1.29 is 13.5 Å². The predicted molar refractivity (Wildman–Crippen MR) is 54.0 cm³/mol. The summed E-state index contributed by atoms with van der Waals surface area (Å²) in [6.07, 6.45) is 0.996. The van der Waals surface area contributed by atoms with Crippen LogP contribution in [0.1, 0.15) is 20.3 Å². The van der Waals surface area contributed by atoms with Crippen LogP contribution in [0.2, 0.25) is 0 Å². The average molecular weight is 213 g/mol. The van der Waals surface area contributed by atoms with Gasteiger partial charge in [0.1, 0.15) is 5.75 Å². The summed E-state index contributed by atoms with van der Waals surface area (Å²) in [4.78, 5) is 0.255. The maximum Gasteiger partial charge on any atom is 0.120 e. The Morgan fingerprint density at radius 2 is 2.29 bits per heavy atom. The van der Waals surface area contributed by atoms with Crippen LogP contribution in [0.5, 0.6) is 5.75 Å². The molecule has 0 fully saturated rings. The Labute approximate surface area is 86.4 Å². The molecule has 1 aromatic carbocycles. The van der Waals surface area contributed by atoms with E-state index in [-0.39, 0.29) is 11.0 Å². The largest absolute Gasteiger partial charge is 0.768 e. The molecule has 0 saturated carbocycles. The van der Waals surface area contributed by atoms with Gasteiger partial charge in [0.15, 0.2) is 0 Å². The number of hydrogen-bond donors (Lipinski definition) is 0. The summed E-state index contributed by atoms with van der Waals surface area (Å²) < 4.78 is 26.8. The number of rotatable bonds is 4. The molecule has 0 aliphatic carbocycles. The van der Waals surface area contributed by atoms with Crippen LogP contribution in [0.4, 0.5) is 0 Å². The van der Waals surface area contributed by atoms with E-state index >= 15 is 0 Å². The highest BCUT2D eigenvalue weighted by atomic mass is 32.2. The van der Waals surface area contributed by atoms with Gasteiger partial charge in [-0.05, 0) is 42.6 Å². The van der Waals surface area contributed by atoms with Gasteiger partial charge in [0.25, 0.3) is 0 Å². The molecule has 1 aromatic rings. The molecule has 0 aliphatic rings. The first kappa shape index (κ1) is 11.2. The van der Waals surface area contributed by atoms with Crippen molar-refractivity contribution >= 4 is 11.1 Å². The molecule has 3 nitrogen and oxygen atoms in total. The van der Waals surface area contributed by atoms with Gasteiger partial charge in [-0.2, -0.15) is 0 Å².